The van der Waals surface area contributed by atoms with Crippen LogP contribution in [-0.4, -0.2) is 33.3 Å². The monoisotopic (exact) mass is 301 g/mol. The van der Waals surface area contributed by atoms with E-state index < -0.39 is 12.5 Å². The van der Waals surface area contributed by atoms with E-state index in [0.717, 1.165) is 0 Å². The number of anilines is 1. The zero-order chi connectivity index (χ0) is 16.3. The number of aliphatic carboxylic acids is 1. The smallest absolute Gasteiger partial charge is 0.323 e. The first-order valence-electron chi connectivity index (χ1n) is 6.93. The number of nitrogens with zero attached hydrogens (tertiary/aromatic N) is 3. The summed E-state index contributed by atoms with van der Waals surface area (Å²) in [5.41, 5.74) is 0.654. The molecule has 0 radical (unpaired) electrons. The summed E-state index contributed by atoms with van der Waals surface area (Å²) in [5, 5.41) is 13.2. The van der Waals surface area contributed by atoms with Gasteiger partial charge >= 0.3 is 5.97 Å². The number of carboxylic acids is 1. The summed E-state index contributed by atoms with van der Waals surface area (Å²) < 4.78 is 1.68. The van der Waals surface area contributed by atoms with Crippen LogP contribution in [0.25, 0.3) is 0 Å². The van der Waals surface area contributed by atoms with Crippen LogP contribution in [0.5, 0.6) is 0 Å². The first-order chi connectivity index (χ1) is 10.3. The van der Waals surface area contributed by atoms with E-state index in [1.54, 1.807) is 35.1 Å². The third-order valence-corrected chi connectivity index (χ3v) is 3.12. The minimum Gasteiger partial charge on any atom is -0.480 e. The van der Waals surface area contributed by atoms with Crippen molar-refractivity contribution in [2.45, 2.75) is 26.3 Å². The maximum Gasteiger partial charge on any atom is 0.323 e. The maximum atomic E-state index is 12.6. The number of rotatable bonds is 4. The molecule has 0 aliphatic heterocycles. The standard InChI is InChI=1S/C16H19N3O3/c1-16(2,3)19-10-12(9-17-19)15(22)18(11-14(20)21)13-7-5-4-6-8-13/h4-10H,11H2,1-3H3,(H,20,21). The van der Waals surface area contributed by atoms with Crippen molar-refractivity contribution in [3.05, 3.63) is 48.3 Å². The Bertz CT molecular complexity index is 671. The molecule has 22 heavy (non-hydrogen) atoms. The van der Waals surface area contributed by atoms with Gasteiger partial charge in [-0.05, 0) is 32.9 Å². The Labute approximate surface area is 129 Å². The molecule has 0 saturated carbocycles. The minimum atomic E-state index is -1.07. The van der Waals surface area contributed by atoms with Crippen LogP contribution in [-0.2, 0) is 10.3 Å². The molecule has 0 aliphatic rings. The first-order valence-corrected chi connectivity index (χ1v) is 6.93. The number of aromatic nitrogens is 2. The van der Waals surface area contributed by atoms with Crippen LogP contribution in [0.15, 0.2) is 42.7 Å². The molecule has 0 saturated heterocycles. The lowest BCUT2D eigenvalue weighted by Gasteiger charge is -2.21. The van der Waals surface area contributed by atoms with Gasteiger partial charge in [-0.15, -0.1) is 0 Å². The minimum absolute atomic E-state index is 0.247. The molecule has 2 rings (SSSR count). The molecule has 6 nitrogen and oxygen atoms in total. The number of hydrogen-bond acceptors (Lipinski definition) is 3. The van der Waals surface area contributed by atoms with Crippen molar-refractivity contribution in [1.29, 1.82) is 0 Å². The molecule has 1 aromatic heterocycles. The molecule has 0 bridgehead atoms. The van der Waals surface area contributed by atoms with E-state index in [2.05, 4.69) is 5.10 Å². The number of hydrogen-bond donors (Lipinski definition) is 1. The van der Waals surface area contributed by atoms with Gasteiger partial charge in [-0.1, -0.05) is 18.2 Å². The largest absolute Gasteiger partial charge is 0.480 e. The Morgan fingerprint density at radius 1 is 1.23 bits per heavy atom. The summed E-state index contributed by atoms with van der Waals surface area (Å²) in [6, 6.07) is 8.74. The molecule has 116 valence electrons. The third-order valence-electron chi connectivity index (χ3n) is 3.12. The highest BCUT2D eigenvalue weighted by molar-refractivity contribution is 6.07. The van der Waals surface area contributed by atoms with Gasteiger partial charge in [-0.3, -0.25) is 19.2 Å². The lowest BCUT2D eigenvalue weighted by Crippen LogP contribution is -2.35. The Kier molecular flexibility index (Phi) is 4.30. The topological polar surface area (TPSA) is 75.4 Å². The average molecular weight is 301 g/mol. The first kappa shape index (κ1) is 15.8. The Balaban J connectivity index is 2.34. The zero-order valence-electron chi connectivity index (χ0n) is 12.9. The maximum absolute atomic E-state index is 12.6. The molecule has 1 amide bonds. The van der Waals surface area contributed by atoms with Crippen molar-refractivity contribution < 1.29 is 14.7 Å². The quantitative estimate of drug-likeness (QED) is 0.940. The van der Waals surface area contributed by atoms with Gasteiger partial charge in [-0.2, -0.15) is 5.10 Å². The van der Waals surface area contributed by atoms with Gasteiger partial charge in [0.05, 0.1) is 17.3 Å². The number of carbonyl (C=O) groups is 2. The van der Waals surface area contributed by atoms with Gasteiger partial charge in [0.1, 0.15) is 6.54 Å². The van der Waals surface area contributed by atoms with Crippen LogP contribution in [0, 0.1) is 0 Å². The second-order valence-corrected chi connectivity index (χ2v) is 5.96. The van der Waals surface area contributed by atoms with E-state index in [0.29, 0.717) is 11.3 Å². The van der Waals surface area contributed by atoms with E-state index in [4.69, 9.17) is 5.11 Å². The number of amides is 1. The van der Waals surface area contributed by atoms with E-state index >= 15 is 0 Å². The Morgan fingerprint density at radius 3 is 2.36 bits per heavy atom. The zero-order valence-corrected chi connectivity index (χ0v) is 12.9. The van der Waals surface area contributed by atoms with Crippen LogP contribution < -0.4 is 4.90 Å². The molecule has 2 aromatic rings. The van der Waals surface area contributed by atoms with Crippen molar-refractivity contribution in [2.75, 3.05) is 11.4 Å². The molecule has 0 aliphatic carbocycles. The fourth-order valence-electron chi connectivity index (χ4n) is 1.98. The van der Waals surface area contributed by atoms with E-state index in [1.807, 2.05) is 26.8 Å². The molecule has 6 heteroatoms. The predicted octanol–water partition coefficient (Wildman–Crippen LogP) is 2.37. The highest BCUT2D eigenvalue weighted by atomic mass is 16.4. The SMILES string of the molecule is CC(C)(C)n1cc(C(=O)N(CC(=O)O)c2ccccc2)cn1. The van der Waals surface area contributed by atoms with E-state index in [1.165, 1.54) is 11.1 Å². The molecule has 1 aromatic carbocycles. The summed E-state index contributed by atoms with van der Waals surface area (Å²) in [6.07, 6.45) is 3.10. The normalized spacial score (nSPS) is 11.2. The van der Waals surface area contributed by atoms with Gasteiger partial charge < -0.3 is 5.11 Å². The van der Waals surface area contributed by atoms with Gasteiger partial charge in [-0.25, -0.2) is 0 Å². The number of carbonyl (C=O) groups excluding carboxylic acids is 1. The van der Waals surface area contributed by atoms with Crippen LogP contribution in [0.1, 0.15) is 31.1 Å². The van der Waals surface area contributed by atoms with Crippen molar-refractivity contribution in [3.8, 4) is 0 Å². The van der Waals surface area contributed by atoms with E-state index in [-0.39, 0.29) is 11.4 Å². The molecule has 1 heterocycles. The molecule has 0 atom stereocenters. The third kappa shape index (κ3) is 3.52. The number of para-hydroxylation sites is 1. The van der Waals surface area contributed by atoms with E-state index in [9.17, 15) is 9.59 Å². The lowest BCUT2D eigenvalue weighted by atomic mass is 10.1. The second kappa shape index (κ2) is 6.01. The fraction of sp³-hybridized carbons (Fsp3) is 0.312. The molecular formula is C16H19N3O3. The van der Waals surface area contributed by atoms with Crippen molar-refractivity contribution >= 4 is 17.6 Å². The predicted molar refractivity (Wildman–Crippen MR) is 83.0 cm³/mol. The van der Waals surface area contributed by atoms with Crippen molar-refractivity contribution in [3.63, 3.8) is 0 Å². The van der Waals surface area contributed by atoms with Crippen LogP contribution in [0.2, 0.25) is 0 Å². The van der Waals surface area contributed by atoms with Gasteiger partial charge in [0.2, 0.25) is 0 Å². The van der Waals surface area contributed by atoms with Gasteiger partial charge in [0.15, 0.2) is 0 Å². The van der Waals surface area contributed by atoms with Crippen LogP contribution >= 0.6 is 0 Å². The highest BCUT2D eigenvalue weighted by Crippen LogP contribution is 2.18. The van der Waals surface area contributed by atoms with Crippen molar-refractivity contribution in [2.24, 2.45) is 0 Å². The van der Waals surface area contributed by atoms with Crippen molar-refractivity contribution in [1.82, 2.24) is 9.78 Å². The molecule has 1 N–H and O–H groups in total. The second-order valence-electron chi connectivity index (χ2n) is 5.96. The molecule has 0 fully saturated rings. The van der Waals surface area contributed by atoms with Gasteiger partial charge in [0, 0.05) is 11.9 Å². The Hall–Kier alpha value is -2.63. The molecule has 0 unspecified atom stereocenters. The summed E-state index contributed by atoms with van der Waals surface area (Å²) in [5.74, 6) is -1.45. The summed E-state index contributed by atoms with van der Waals surface area (Å²) in [4.78, 5) is 24.9. The summed E-state index contributed by atoms with van der Waals surface area (Å²) >= 11 is 0. The molecular weight excluding hydrogens is 282 g/mol. The average Bonchev–Trinajstić information content (AvgIpc) is 2.94. The Morgan fingerprint density at radius 2 is 1.86 bits per heavy atom. The summed E-state index contributed by atoms with van der Waals surface area (Å²) in [7, 11) is 0. The fourth-order valence-corrected chi connectivity index (χ4v) is 1.98. The lowest BCUT2D eigenvalue weighted by molar-refractivity contribution is -0.135. The van der Waals surface area contributed by atoms with Crippen LogP contribution in [0.4, 0.5) is 5.69 Å². The highest BCUT2D eigenvalue weighted by Gasteiger charge is 2.23. The molecule has 0 spiro atoms. The summed E-state index contributed by atoms with van der Waals surface area (Å²) in [6.45, 7) is 5.52. The van der Waals surface area contributed by atoms with Gasteiger partial charge in [0.25, 0.3) is 5.91 Å². The number of benzene rings is 1. The number of carboxylic acid groups (broad SMARTS) is 1. The van der Waals surface area contributed by atoms with Crippen LogP contribution in [0.3, 0.4) is 0 Å².